The number of nitrogens with one attached hydrogen (secondary N) is 1. The molecule has 0 aromatic heterocycles. The second-order valence-corrected chi connectivity index (χ2v) is 11.6. The highest BCUT2D eigenvalue weighted by Gasteiger charge is 2.30. The van der Waals surface area contributed by atoms with Crippen molar-refractivity contribution < 1.29 is 9.59 Å². The van der Waals surface area contributed by atoms with Gasteiger partial charge >= 0.3 is 0 Å². The fraction of sp³-hybridized carbons (Fsp3) is 0.310. The lowest BCUT2D eigenvalue weighted by molar-refractivity contribution is -0.139. The second-order valence-electron chi connectivity index (χ2n) is 8.91. The summed E-state index contributed by atoms with van der Waals surface area (Å²) in [4.78, 5) is 28.9. The maximum atomic E-state index is 13.7. The summed E-state index contributed by atoms with van der Waals surface area (Å²) in [6.07, 6.45) is 1.24. The monoisotopic (exact) mass is 620 g/mol. The van der Waals surface area contributed by atoms with Gasteiger partial charge in [0.2, 0.25) is 11.8 Å². The van der Waals surface area contributed by atoms with Crippen molar-refractivity contribution in [3.05, 3.63) is 104 Å². The predicted octanol–water partition coefficient (Wildman–Crippen LogP) is 7.54. The molecule has 0 saturated carbocycles. The third kappa shape index (κ3) is 9.36. The van der Waals surface area contributed by atoms with Crippen molar-refractivity contribution in [2.24, 2.45) is 0 Å². The first-order chi connectivity index (χ1) is 17.8. The molecule has 0 radical (unpaired) electrons. The molecule has 3 rings (SSSR count). The lowest BCUT2D eigenvalue weighted by atomic mass is 10.0. The number of carbonyl (C=O) groups is 2. The van der Waals surface area contributed by atoms with Crippen LogP contribution in [0.15, 0.2) is 77.3 Å². The van der Waals surface area contributed by atoms with Crippen molar-refractivity contribution >= 4 is 62.7 Å². The number of hydrogen-bond acceptors (Lipinski definition) is 3. The van der Waals surface area contributed by atoms with Gasteiger partial charge in [-0.2, -0.15) is 0 Å². The molecule has 0 aliphatic carbocycles. The van der Waals surface area contributed by atoms with Crippen LogP contribution in [-0.4, -0.2) is 34.6 Å². The molecular weight excluding hydrogens is 591 g/mol. The fourth-order valence-corrected chi connectivity index (χ4v) is 5.19. The number of halogens is 3. The zero-order valence-corrected chi connectivity index (χ0v) is 24.8. The van der Waals surface area contributed by atoms with E-state index in [1.165, 1.54) is 11.8 Å². The van der Waals surface area contributed by atoms with Crippen molar-refractivity contribution in [3.63, 3.8) is 0 Å². The Balaban J connectivity index is 1.84. The normalized spacial score (nSPS) is 12.6. The number of nitrogens with zero attached hydrogens (tertiary/aromatic N) is 1. The van der Waals surface area contributed by atoms with Crippen molar-refractivity contribution in [3.8, 4) is 0 Å². The van der Waals surface area contributed by atoms with E-state index in [9.17, 15) is 9.59 Å². The second kappa shape index (κ2) is 14.8. The van der Waals surface area contributed by atoms with E-state index >= 15 is 0 Å². The summed E-state index contributed by atoms with van der Waals surface area (Å²) in [6.45, 7) is 4.35. The maximum absolute atomic E-state index is 13.7. The van der Waals surface area contributed by atoms with E-state index in [2.05, 4.69) is 21.2 Å². The first-order valence-corrected chi connectivity index (χ1v) is 14.9. The standard InChI is InChI=1S/C29H31BrCl2N2O2S/c1-3-20(2)33-29(36)27(16-21-7-5-4-6-8-21)34(17-22-9-12-24(30)13-10-22)28(35)19-37-18-23-11-14-25(31)26(32)15-23/h4-15,20,27H,3,16-19H2,1-2H3,(H,33,36)/t20-,27-/m1/s1. The molecule has 0 aliphatic heterocycles. The van der Waals surface area contributed by atoms with Crippen LogP contribution < -0.4 is 5.32 Å². The Morgan fingerprint density at radius 3 is 2.27 bits per heavy atom. The van der Waals surface area contributed by atoms with Gasteiger partial charge in [-0.15, -0.1) is 11.8 Å². The Morgan fingerprint density at radius 1 is 0.946 bits per heavy atom. The van der Waals surface area contributed by atoms with Gasteiger partial charge in [-0.3, -0.25) is 9.59 Å². The Hall–Kier alpha value is -1.99. The summed E-state index contributed by atoms with van der Waals surface area (Å²) in [5, 5.41) is 4.10. The molecule has 0 bridgehead atoms. The minimum Gasteiger partial charge on any atom is -0.352 e. The molecule has 4 nitrogen and oxygen atoms in total. The minimum atomic E-state index is -0.641. The molecule has 0 unspecified atom stereocenters. The molecule has 3 aromatic carbocycles. The van der Waals surface area contributed by atoms with Crippen molar-refractivity contribution in [1.29, 1.82) is 0 Å². The van der Waals surface area contributed by atoms with Gasteiger partial charge in [-0.1, -0.05) is 94.6 Å². The summed E-state index contributed by atoms with van der Waals surface area (Å²) in [6, 6.07) is 22.5. The van der Waals surface area contributed by atoms with Gasteiger partial charge < -0.3 is 10.2 Å². The average Bonchev–Trinajstić information content (AvgIpc) is 2.89. The van der Waals surface area contributed by atoms with Crippen LogP contribution in [0.4, 0.5) is 0 Å². The Morgan fingerprint density at radius 2 is 1.62 bits per heavy atom. The van der Waals surface area contributed by atoms with Crippen molar-refractivity contribution in [2.75, 3.05) is 5.75 Å². The molecule has 0 spiro atoms. The zero-order valence-electron chi connectivity index (χ0n) is 20.9. The predicted molar refractivity (Wildman–Crippen MR) is 159 cm³/mol. The smallest absolute Gasteiger partial charge is 0.243 e. The van der Waals surface area contributed by atoms with Crippen LogP contribution in [0.25, 0.3) is 0 Å². The Kier molecular flexibility index (Phi) is 11.8. The van der Waals surface area contributed by atoms with Gasteiger partial charge in [0, 0.05) is 29.2 Å². The van der Waals surface area contributed by atoms with Crippen LogP contribution in [0.2, 0.25) is 10.0 Å². The van der Waals surface area contributed by atoms with E-state index in [1.54, 1.807) is 11.0 Å². The summed E-state index contributed by atoms with van der Waals surface area (Å²) in [5.41, 5.74) is 2.95. The van der Waals surface area contributed by atoms with Crippen LogP contribution in [0, 0.1) is 0 Å². The topological polar surface area (TPSA) is 49.4 Å². The highest BCUT2D eigenvalue weighted by atomic mass is 79.9. The number of benzene rings is 3. The van der Waals surface area contributed by atoms with Gasteiger partial charge in [0.05, 0.1) is 15.8 Å². The lowest BCUT2D eigenvalue weighted by Crippen LogP contribution is -2.52. The van der Waals surface area contributed by atoms with Crippen LogP contribution >= 0.6 is 50.9 Å². The third-order valence-corrected chi connectivity index (χ3v) is 8.27. The largest absolute Gasteiger partial charge is 0.352 e. The zero-order chi connectivity index (χ0) is 26.8. The summed E-state index contributed by atoms with van der Waals surface area (Å²) in [7, 11) is 0. The van der Waals surface area contributed by atoms with Crippen molar-refractivity contribution in [1.82, 2.24) is 10.2 Å². The van der Waals surface area contributed by atoms with E-state index < -0.39 is 6.04 Å². The minimum absolute atomic E-state index is 0.0134. The molecule has 8 heteroatoms. The highest BCUT2D eigenvalue weighted by Crippen LogP contribution is 2.25. The van der Waals surface area contributed by atoms with E-state index in [0.717, 1.165) is 27.6 Å². The summed E-state index contributed by atoms with van der Waals surface area (Å²) >= 11 is 17.1. The number of thioether (sulfide) groups is 1. The van der Waals surface area contributed by atoms with E-state index in [1.807, 2.05) is 80.6 Å². The average molecular weight is 622 g/mol. The molecule has 196 valence electrons. The molecule has 0 heterocycles. The van der Waals surface area contributed by atoms with E-state index in [0.29, 0.717) is 28.8 Å². The van der Waals surface area contributed by atoms with E-state index in [4.69, 9.17) is 23.2 Å². The highest BCUT2D eigenvalue weighted by molar-refractivity contribution is 9.10. The molecule has 37 heavy (non-hydrogen) atoms. The molecule has 1 N–H and O–H groups in total. The van der Waals surface area contributed by atoms with Gasteiger partial charge in [0.15, 0.2) is 0 Å². The summed E-state index contributed by atoms with van der Waals surface area (Å²) in [5.74, 6) is 0.613. The van der Waals surface area contributed by atoms with Gasteiger partial charge in [-0.05, 0) is 54.3 Å². The number of rotatable bonds is 12. The fourth-order valence-electron chi connectivity index (χ4n) is 3.75. The Bertz CT molecular complexity index is 1180. The molecular formula is C29H31BrCl2N2O2S. The van der Waals surface area contributed by atoms with Gasteiger partial charge in [0.1, 0.15) is 6.04 Å². The lowest BCUT2D eigenvalue weighted by Gasteiger charge is -2.32. The number of carbonyl (C=O) groups excluding carboxylic acids is 2. The Labute approximate surface area is 242 Å². The molecule has 0 fully saturated rings. The molecule has 2 atom stereocenters. The van der Waals surface area contributed by atoms with Gasteiger partial charge in [-0.25, -0.2) is 0 Å². The van der Waals surface area contributed by atoms with E-state index in [-0.39, 0.29) is 23.6 Å². The maximum Gasteiger partial charge on any atom is 0.243 e. The first kappa shape index (κ1) is 29.6. The summed E-state index contributed by atoms with van der Waals surface area (Å²) < 4.78 is 0.960. The molecule has 2 amide bonds. The first-order valence-electron chi connectivity index (χ1n) is 12.2. The molecule has 0 aliphatic rings. The quantitative estimate of drug-likeness (QED) is 0.227. The third-order valence-electron chi connectivity index (χ3n) is 6.02. The van der Waals surface area contributed by atoms with Crippen LogP contribution in [0.5, 0.6) is 0 Å². The van der Waals surface area contributed by atoms with Crippen LogP contribution in [0.1, 0.15) is 37.0 Å². The number of amides is 2. The van der Waals surface area contributed by atoms with Crippen molar-refractivity contribution in [2.45, 2.75) is 51.1 Å². The number of hydrogen-bond donors (Lipinski definition) is 1. The molecule has 3 aromatic rings. The van der Waals surface area contributed by atoms with Crippen LogP contribution in [-0.2, 0) is 28.3 Å². The SMILES string of the molecule is CC[C@@H](C)NC(=O)[C@@H](Cc1ccccc1)N(Cc1ccc(Br)cc1)C(=O)CSCc1ccc(Cl)c(Cl)c1. The van der Waals surface area contributed by atoms with Crippen LogP contribution in [0.3, 0.4) is 0 Å². The molecule has 0 saturated heterocycles. The van der Waals surface area contributed by atoms with Gasteiger partial charge in [0.25, 0.3) is 0 Å².